The minimum absolute atomic E-state index is 0.200. The highest BCUT2D eigenvalue weighted by Gasteiger charge is 2.17. The number of rotatable bonds is 3. The molecular formula is C22H23N3O. The zero-order valence-electron chi connectivity index (χ0n) is 15.4. The molecule has 2 aromatic heterocycles. The molecule has 0 saturated heterocycles. The first-order chi connectivity index (χ1) is 12.5. The van der Waals surface area contributed by atoms with E-state index in [4.69, 9.17) is 10.7 Å². The van der Waals surface area contributed by atoms with E-state index in [1.807, 2.05) is 22.9 Å². The number of benzene rings is 2. The quantitative estimate of drug-likeness (QED) is 0.538. The van der Waals surface area contributed by atoms with E-state index in [0.717, 1.165) is 34.9 Å². The topological polar surface area (TPSA) is 64.1 Å². The molecule has 0 bridgehead atoms. The number of hydrogen-bond donors (Lipinski definition) is 2. The molecule has 4 nitrogen and oxygen atoms in total. The average Bonchev–Trinajstić information content (AvgIpc) is 2.94. The summed E-state index contributed by atoms with van der Waals surface area (Å²) in [6.45, 7) is 7.07. The van der Waals surface area contributed by atoms with Crippen LogP contribution in [-0.4, -0.2) is 14.7 Å². The van der Waals surface area contributed by atoms with Crippen molar-refractivity contribution < 1.29 is 5.11 Å². The average molecular weight is 345 g/mol. The number of nitrogen functional groups attached to an aromatic ring is 1. The minimum atomic E-state index is 0.200. The molecule has 0 fully saturated rings. The summed E-state index contributed by atoms with van der Waals surface area (Å²) < 4.78 is 1.82. The van der Waals surface area contributed by atoms with E-state index in [2.05, 4.69) is 45.0 Å². The molecule has 3 N–H and O–H groups in total. The molecule has 132 valence electrons. The second-order valence-electron chi connectivity index (χ2n) is 6.88. The summed E-state index contributed by atoms with van der Waals surface area (Å²) in [5.41, 5.74) is 13.4. The zero-order chi connectivity index (χ0) is 18.4. The minimum Gasteiger partial charge on any atom is -0.494 e. The van der Waals surface area contributed by atoms with Crippen LogP contribution in [0, 0.1) is 13.8 Å². The van der Waals surface area contributed by atoms with Crippen molar-refractivity contribution in [2.45, 2.75) is 33.7 Å². The van der Waals surface area contributed by atoms with Gasteiger partial charge in [-0.15, -0.1) is 0 Å². The number of aryl methyl sites for hydroxylation is 2. The fourth-order valence-corrected chi connectivity index (χ4v) is 3.68. The summed E-state index contributed by atoms with van der Waals surface area (Å²) in [5.74, 6) is 0.200. The van der Waals surface area contributed by atoms with Crippen molar-refractivity contribution >= 4 is 27.5 Å². The summed E-state index contributed by atoms with van der Waals surface area (Å²) in [6, 6.07) is 12.4. The maximum absolute atomic E-state index is 10.6. The van der Waals surface area contributed by atoms with E-state index in [1.54, 1.807) is 0 Å². The van der Waals surface area contributed by atoms with Gasteiger partial charge in [0.05, 0.1) is 22.1 Å². The summed E-state index contributed by atoms with van der Waals surface area (Å²) in [6.07, 6.45) is 2.82. The van der Waals surface area contributed by atoms with Crippen LogP contribution in [0.2, 0.25) is 0 Å². The lowest BCUT2D eigenvalue weighted by atomic mass is 9.94. The normalized spacial score (nSPS) is 11.5. The Morgan fingerprint density at radius 1 is 1.08 bits per heavy atom. The first kappa shape index (κ1) is 16.5. The Labute approximate surface area is 152 Å². The van der Waals surface area contributed by atoms with Crippen molar-refractivity contribution in [1.29, 1.82) is 0 Å². The Morgan fingerprint density at radius 3 is 2.58 bits per heavy atom. The molecule has 0 aliphatic rings. The first-order valence-corrected chi connectivity index (χ1v) is 8.99. The molecule has 0 aliphatic heterocycles. The fraction of sp³-hybridized carbons (Fsp3) is 0.227. The zero-order valence-corrected chi connectivity index (χ0v) is 15.4. The van der Waals surface area contributed by atoms with Crippen molar-refractivity contribution in [1.82, 2.24) is 9.55 Å². The number of nitrogens with two attached hydrogens (primary N) is 1. The SMILES string of the molecule is CCCn1cc2nc3c(-c4cccc(C)c4C)cccc3c(N)c2c1O. The maximum atomic E-state index is 10.6. The number of fused-ring (bicyclic) bond motifs is 2. The van der Waals surface area contributed by atoms with E-state index < -0.39 is 0 Å². The van der Waals surface area contributed by atoms with Gasteiger partial charge in [0.1, 0.15) is 0 Å². The lowest BCUT2D eigenvalue weighted by Crippen LogP contribution is -1.95. The van der Waals surface area contributed by atoms with E-state index in [1.165, 1.54) is 16.7 Å². The number of hydrogen-bond acceptors (Lipinski definition) is 3. The predicted molar refractivity (Wildman–Crippen MR) is 109 cm³/mol. The molecular weight excluding hydrogens is 322 g/mol. The smallest absolute Gasteiger partial charge is 0.202 e. The molecule has 0 amide bonds. The third-order valence-corrected chi connectivity index (χ3v) is 5.22. The highest BCUT2D eigenvalue weighted by molar-refractivity contribution is 6.12. The number of anilines is 1. The lowest BCUT2D eigenvalue weighted by Gasteiger charge is -2.12. The Balaban J connectivity index is 2.08. The molecule has 4 aromatic rings. The van der Waals surface area contributed by atoms with Gasteiger partial charge in [-0.2, -0.15) is 0 Å². The van der Waals surface area contributed by atoms with Crippen LogP contribution in [0.3, 0.4) is 0 Å². The summed E-state index contributed by atoms with van der Waals surface area (Å²) in [4.78, 5) is 4.89. The monoisotopic (exact) mass is 345 g/mol. The van der Waals surface area contributed by atoms with E-state index in [9.17, 15) is 5.11 Å². The third-order valence-electron chi connectivity index (χ3n) is 5.22. The van der Waals surface area contributed by atoms with Gasteiger partial charge in [-0.25, -0.2) is 4.98 Å². The molecule has 2 aromatic carbocycles. The molecule has 0 radical (unpaired) electrons. The molecule has 4 rings (SSSR count). The van der Waals surface area contributed by atoms with Crippen LogP contribution < -0.4 is 5.73 Å². The van der Waals surface area contributed by atoms with Gasteiger partial charge in [0.2, 0.25) is 5.88 Å². The van der Waals surface area contributed by atoms with Crippen LogP contribution in [0.1, 0.15) is 24.5 Å². The molecule has 0 atom stereocenters. The van der Waals surface area contributed by atoms with Gasteiger partial charge in [0.15, 0.2) is 0 Å². The van der Waals surface area contributed by atoms with Gasteiger partial charge in [-0.3, -0.25) is 0 Å². The van der Waals surface area contributed by atoms with Crippen molar-refractivity contribution in [2.75, 3.05) is 5.73 Å². The highest BCUT2D eigenvalue weighted by atomic mass is 16.3. The standard InChI is InChI=1S/C22H23N3O/c1-4-11-25-12-18-19(22(25)26)20(23)17-10-6-9-16(21(17)24-18)15-8-5-7-13(2)14(15)3/h5-10,12,26H,4,11,23H2,1-3H3. The van der Waals surface area contributed by atoms with E-state index in [-0.39, 0.29) is 5.88 Å². The molecule has 0 spiro atoms. The maximum Gasteiger partial charge on any atom is 0.202 e. The summed E-state index contributed by atoms with van der Waals surface area (Å²) in [7, 11) is 0. The van der Waals surface area contributed by atoms with Crippen LogP contribution in [0.15, 0.2) is 42.6 Å². The van der Waals surface area contributed by atoms with Crippen LogP contribution in [0.25, 0.3) is 32.9 Å². The Kier molecular flexibility index (Phi) is 3.83. The van der Waals surface area contributed by atoms with Crippen LogP contribution in [-0.2, 0) is 6.54 Å². The molecule has 26 heavy (non-hydrogen) atoms. The number of pyridine rings is 1. The van der Waals surface area contributed by atoms with E-state index in [0.29, 0.717) is 11.1 Å². The largest absolute Gasteiger partial charge is 0.494 e. The van der Waals surface area contributed by atoms with Gasteiger partial charge < -0.3 is 15.4 Å². The molecule has 4 heteroatoms. The number of nitrogens with zero attached hydrogens (tertiary/aromatic N) is 2. The Morgan fingerprint density at radius 2 is 1.81 bits per heavy atom. The molecule has 0 saturated carbocycles. The summed E-state index contributed by atoms with van der Waals surface area (Å²) in [5, 5.41) is 12.1. The lowest BCUT2D eigenvalue weighted by molar-refractivity contribution is 0.421. The highest BCUT2D eigenvalue weighted by Crippen LogP contribution is 2.39. The van der Waals surface area contributed by atoms with Gasteiger partial charge >= 0.3 is 0 Å². The van der Waals surface area contributed by atoms with Crippen molar-refractivity contribution in [3.8, 4) is 17.0 Å². The predicted octanol–water partition coefficient (Wildman–Crippen LogP) is 5.17. The van der Waals surface area contributed by atoms with Crippen molar-refractivity contribution in [2.24, 2.45) is 0 Å². The van der Waals surface area contributed by atoms with Crippen LogP contribution in [0.4, 0.5) is 5.69 Å². The molecule has 0 unspecified atom stereocenters. The number of aromatic nitrogens is 2. The summed E-state index contributed by atoms with van der Waals surface area (Å²) >= 11 is 0. The second kappa shape index (κ2) is 6.06. The number of para-hydroxylation sites is 1. The van der Waals surface area contributed by atoms with E-state index >= 15 is 0 Å². The first-order valence-electron chi connectivity index (χ1n) is 8.99. The van der Waals surface area contributed by atoms with Gasteiger partial charge in [-0.05, 0) is 37.0 Å². The van der Waals surface area contributed by atoms with Crippen LogP contribution >= 0.6 is 0 Å². The van der Waals surface area contributed by atoms with Gasteiger partial charge in [0.25, 0.3) is 0 Å². The van der Waals surface area contributed by atoms with Crippen molar-refractivity contribution in [3.63, 3.8) is 0 Å². The van der Waals surface area contributed by atoms with Crippen molar-refractivity contribution in [3.05, 3.63) is 53.7 Å². The fourth-order valence-electron chi connectivity index (χ4n) is 3.68. The van der Waals surface area contributed by atoms with Gasteiger partial charge in [0, 0.05) is 23.7 Å². The molecule has 2 heterocycles. The van der Waals surface area contributed by atoms with Gasteiger partial charge in [-0.1, -0.05) is 43.3 Å². The number of aromatic hydroxyl groups is 1. The van der Waals surface area contributed by atoms with Crippen LogP contribution in [0.5, 0.6) is 5.88 Å². The second-order valence-corrected chi connectivity index (χ2v) is 6.88. The Bertz CT molecular complexity index is 1140. The Hall–Kier alpha value is -3.01. The third kappa shape index (κ3) is 2.33. The molecule has 0 aliphatic carbocycles.